The van der Waals surface area contributed by atoms with Gasteiger partial charge in [0.1, 0.15) is 11.3 Å². The Labute approximate surface area is 113 Å². The summed E-state index contributed by atoms with van der Waals surface area (Å²) in [5, 5.41) is 9.01. The third-order valence-electron chi connectivity index (χ3n) is 2.26. The van der Waals surface area contributed by atoms with E-state index in [-0.39, 0.29) is 30.2 Å². The number of aromatic carboxylic acids is 1. The molecule has 0 spiro atoms. The highest BCUT2D eigenvalue weighted by Gasteiger charge is 2.14. The number of carbonyl (C=O) groups is 2. The van der Waals surface area contributed by atoms with Crippen molar-refractivity contribution < 1.29 is 19.4 Å². The van der Waals surface area contributed by atoms with E-state index in [0.717, 1.165) is 0 Å². The van der Waals surface area contributed by atoms with Crippen molar-refractivity contribution in [1.82, 2.24) is 4.90 Å². The summed E-state index contributed by atoms with van der Waals surface area (Å²) < 4.78 is 5.93. The van der Waals surface area contributed by atoms with Gasteiger partial charge in [-0.1, -0.05) is 6.07 Å². The van der Waals surface area contributed by atoms with Gasteiger partial charge in [-0.05, 0) is 28.1 Å². The van der Waals surface area contributed by atoms with E-state index in [0.29, 0.717) is 4.47 Å². The van der Waals surface area contributed by atoms with Crippen molar-refractivity contribution in [3.8, 4) is 5.75 Å². The Morgan fingerprint density at radius 2 is 2.06 bits per heavy atom. The highest BCUT2D eigenvalue weighted by Crippen LogP contribution is 2.29. The van der Waals surface area contributed by atoms with E-state index in [1.165, 1.54) is 11.0 Å². The van der Waals surface area contributed by atoms with Gasteiger partial charge in [-0.25, -0.2) is 4.79 Å². The van der Waals surface area contributed by atoms with Gasteiger partial charge >= 0.3 is 5.97 Å². The summed E-state index contributed by atoms with van der Waals surface area (Å²) in [5.74, 6) is -0.888. The average molecular weight is 316 g/mol. The molecule has 0 aliphatic carbocycles. The lowest BCUT2D eigenvalue weighted by molar-refractivity contribution is -0.129. The first-order valence-electron chi connectivity index (χ1n) is 5.28. The number of amides is 1. The molecule has 1 N–H and O–H groups in total. The highest BCUT2D eigenvalue weighted by atomic mass is 79.9. The van der Waals surface area contributed by atoms with Crippen LogP contribution in [0, 0.1) is 0 Å². The Hall–Kier alpha value is -1.56. The Kier molecular flexibility index (Phi) is 5.15. The Balaban J connectivity index is 2.73. The van der Waals surface area contributed by atoms with Crippen LogP contribution in [0.15, 0.2) is 22.7 Å². The van der Waals surface area contributed by atoms with Crippen molar-refractivity contribution in [2.75, 3.05) is 20.7 Å². The topological polar surface area (TPSA) is 66.8 Å². The molecule has 0 atom stereocenters. The molecule has 1 rings (SSSR count). The molecule has 0 aliphatic rings. The first-order chi connectivity index (χ1) is 8.43. The zero-order valence-electron chi connectivity index (χ0n) is 10.1. The average Bonchev–Trinajstić information content (AvgIpc) is 2.30. The second-order valence-corrected chi connectivity index (χ2v) is 4.66. The summed E-state index contributed by atoms with van der Waals surface area (Å²) >= 11 is 3.23. The number of rotatable bonds is 5. The van der Waals surface area contributed by atoms with Gasteiger partial charge in [0.15, 0.2) is 0 Å². The van der Waals surface area contributed by atoms with Crippen LogP contribution in [0.25, 0.3) is 0 Å². The Bertz CT molecular complexity index is 459. The molecule has 1 amide bonds. The predicted octanol–water partition coefficient (Wildman–Crippen LogP) is 2.00. The maximum absolute atomic E-state index is 11.4. The van der Waals surface area contributed by atoms with E-state index in [1.807, 2.05) is 0 Å². The number of hydrogen-bond acceptors (Lipinski definition) is 3. The fourth-order valence-electron chi connectivity index (χ4n) is 1.29. The summed E-state index contributed by atoms with van der Waals surface area (Å²) in [6, 6.07) is 4.76. The molecular weight excluding hydrogens is 302 g/mol. The number of para-hydroxylation sites is 1. The molecule has 5 nitrogen and oxygen atoms in total. The maximum Gasteiger partial charge on any atom is 0.339 e. The second-order valence-electron chi connectivity index (χ2n) is 3.81. The first-order valence-corrected chi connectivity index (χ1v) is 6.07. The molecule has 0 aliphatic heterocycles. The van der Waals surface area contributed by atoms with Crippen LogP contribution in [0.4, 0.5) is 0 Å². The van der Waals surface area contributed by atoms with Crippen LogP contribution in [0.1, 0.15) is 16.8 Å². The van der Waals surface area contributed by atoms with Crippen LogP contribution in [-0.2, 0) is 4.79 Å². The number of halogens is 1. The number of carboxylic acid groups (broad SMARTS) is 1. The molecule has 1 aromatic rings. The summed E-state index contributed by atoms with van der Waals surface area (Å²) in [4.78, 5) is 23.8. The third-order valence-corrected chi connectivity index (χ3v) is 2.88. The van der Waals surface area contributed by atoms with Gasteiger partial charge in [0.2, 0.25) is 5.91 Å². The van der Waals surface area contributed by atoms with Crippen molar-refractivity contribution in [2.45, 2.75) is 6.42 Å². The molecule has 0 bridgehead atoms. The lowest BCUT2D eigenvalue weighted by Gasteiger charge is -2.13. The molecule has 0 radical (unpaired) electrons. The minimum Gasteiger partial charge on any atom is -0.491 e. The first kappa shape index (κ1) is 14.5. The highest BCUT2D eigenvalue weighted by molar-refractivity contribution is 9.10. The van der Waals surface area contributed by atoms with Gasteiger partial charge in [0, 0.05) is 14.1 Å². The summed E-state index contributed by atoms with van der Waals surface area (Å²) in [7, 11) is 3.31. The van der Waals surface area contributed by atoms with Crippen molar-refractivity contribution in [3.63, 3.8) is 0 Å². The van der Waals surface area contributed by atoms with Gasteiger partial charge in [0.05, 0.1) is 17.5 Å². The standard InChI is InChI=1S/C12H14BrNO4/c1-14(2)10(15)6-7-18-11-8(12(16)17)4-3-5-9(11)13/h3-5H,6-7H2,1-2H3,(H,16,17). The summed E-state index contributed by atoms with van der Waals surface area (Å²) in [5.41, 5.74) is 0.0710. The Morgan fingerprint density at radius 1 is 1.39 bits per heavy atom. The molecule has 0 aromatic heterocycles. The van der Waals surface area contributed by atoms with E-state index in [1.54, 1.807) is 26.2 Å². The molecule has 0 heterocycles. The van der Waals surface area contributed by atoms with Crippen molar-refractivity contribution in [2.24, 2.45) is 0 Å². The number of nitrogens with zero attached hydrogens (tertiary/aromatic N) is 1. The van der Waals surface area contributed by atoms with Crippen LogP contribution in [0.5, 0.6) is 5.75 Å². The van der Waals surface area contributed by atoms with E-state index >= 15 is 0 Å². The van der Waals surface area contributed by atoms with Gasteiger partial charge in [0.25, 0.3) is 0 Å². The molecular formula is C12H14BrNO4. The monoisotopic (exact) mass is 315 g/mol. The van der Waals surface area contributed by atoms with Crippen LogP contribution < -0.4 is 4.74 Å². The number of carboxylic acids is 1. The van der Waals surface area contributed by atoms with E-state index in [4.69, 9.17) is 9.84 Å². The zero-order chi connectivity index (χ0) is 13.7. The minimum atomic E-state index is -1.06. The lowest BCUT2D eigenvalue weighted by Crippen LogP contribution is -2.23. The molecule has 6 heteroatoms. The summed E-state index contributed by atoms with van der Waals surface area (Å²) in [6.07, 6.45) is 0.202. The SMILES string of the molecule is CN(C)C(=O)CCOc1c(Br)cccc1C(=O)O. The number of hydrogen-bond donors (Lipinski definition) is 1. The van der Waals surface area contributed by atoms with Gasteiger partial charge in [-0.15, -0.1) is 0 Å². The normalized spacial score (nSPS) is 9.94. The van der Waals surface area contributed by atoms with E-state index in [2.05, 4.69) is 15.9 Å². The minimum absolute atomic E-state index is 0.0704. The molecule has 98 valence electrons. The largest absolute Gasteiger partial charge is 0.491 e. The van der Waals surface area contributed by atoms with Gasteiger partial charge in [-0.3, -0.25) is 4.79 Å². The van der Waals surface area contributed by atoms with Crippen LogP contribution in [0.3, 0.4) is 0 Å². The third kappa shape index (κ3) is 3.73. The fourth-order valence-corrected chi connectivity index (χ4v) is 1.77. The van der Waals surface area contributed by atoms with Crippen molar-refractivity contribution in [3.05, 3.63) is 28.2 Å². The molecule has 18 heavy (non-hydrogen) atoms. The lowest BCUT2D eigenvalue weighted by atomic mass is 10.2. The molecule has 1 aromatic carbocycles. The molecule has 0 unspecified atom stereocenters. The van der Waals surface area contributed by atoms with Gasteiger partial charge in [-0.2, -0.15) is 0 Å². The maximum atomic E-state index is 11.4. The fraction of sp³-hybridized carbons (Fsp3) is 0.333. The number of benzene rings is 1. The van der Waals surface area contributed by atoms with Crippen LogP contribution >= 0.6 is 15.9 Å². The smallest absolute Gasteiger partial charge is 0.339 e. The van der Waals surface area contributed by atoms with Gasteiger partial charge < -0.3 is 14.7 Å². The summed E-state index contributed by atoms with van der Waals surface area (Å²) in [6.45, 7) is 0.139. The van der Waals surface area contributed by atoms with Crippen LogP contribution in [0.2, 0.25) is 0 Å². The molecule has 0 fully saturated rings. The molecule has 0 saturated heterocycles. The predicted molar refractivity (Wildman–Crippen MR) is 69.9 cm³/mol. The second kappa shape index (κ2) is 6.39. The quantitative estimate of drug-likeness (QED) is 0.902. The van der Waals surface area contributed by atoms with Crippen molar-refractivity contribution in [1.29, 1.82) is 0 Å². The Morgan fingerprint density at radius 3 is 2.61 bits per heavy atom. The molecule has 0 saturated carbocycles. The number of ether oxygens (including phenoxy) is 1. The zero-order valence-corrected chi connectivity index (χ0v) is 11.7. The van der Waals surface area contributed by atoms with E-state index < -0.39 is 5.97 Å². The van der Waals surface area contributed by atoms with E-state index in [9.17, 15) is 9.59 Å². The van der Waals surface area contributed by atoms with Crippen molar-refractivity contribution >= 4 is 27.8 Å². The number of carbonyl (C=O) groups excluding carboxylic acids is 1. The van der Waals surface area contributed by atoms with Crippen LogP contribution in [-0.4, -0.2) is 42.6 Å².